The molecule has 7 atom stereocenters. The van der Waals surface area contributed by atoms with Crippen LogP contribution in [0.1, 0.15) is 28.7 Å². The van der Waals surface area contributed by atoms with Gasteiger partial charge in [-0.2, -0.15) is 0 Å². The lowest BCUT2D eigenvalue weighted by Gasteiger charge is -2.49. The van der Waals surface area contributed by atoms with Gasteiger partial charge in [-0.25, -0.2) is 4.79 Å². The molecule has 1 fully saturated rings. The maximum Gasteiger partial charge on any atom is 0.335 e. The number of nitrogens with one attached hydrogen (secondary N) is 1. The van der Waals surface area contributed by atoms with E-state index in [0.717, 1.165) is 11.1 Å². The number of aromatic hydroxyl groups is 1. The molecular weight excluding hydrogens is 606 g/mol. The van der Waals surface area contributed by atoms with Crippen molar-refractivity contribution in [2.75, 3.05) is 39.3 Å². The summed E-state index contributed by atoms with van der Waals surface area (Å²) in [6, 6.07) is 9.95. The number of phenols is 1. The zero-order valence-corrected chi connectivity index (χ0v) is 24.8. The monoisotopic (exact) mass is 639 g/mol. The first-order valence-electron chi connectivity index (χ1n) is 14.7. The average molecular weight is 640 g/mol. The molecule has 0 amide bonds. The third kappa shape index (κ3) is 4.40. The minimum Gasteiger partial charge on any atom is -0.508 e. The van der Waals surface area contributed by atoms with Crippen LogP contribution >= 0.6 is 0 Å². The van der Waals surface area contributed by atoms with Crippen molar-refractivity contribution in [2.45, 2.75) is 48.6 Å². The fourth-order valence-corrected chi connectivity index (χ4v) is 6.93. The van der Waals surface area contributed by atoms with Gasteiger partial charge in [0.25, 0.3) is 5.79 Å². The molecule has 3 aromatic rings. The van der Waals surface area contributed by atoms with Crippen molar-refractivity contribution in [1.82, 2.24) is 0 Å². The number of carbonyl (C=O) groups is 1. The molecule has 1 spiro atoms. The van der Waals surface area contributed by atoms with Crippen LogP contribution in [0.25, 0.3) is 11.1 Å². The fourth-order valence-electron chi connectivity index (χ4n) is 6.93. The molecule has 1 saturated heterocycles. The van der Waals surface area contributed by atoms with Gasteiger partial charge in [0, 0.05) is 17.7 Å². The Labute approximate surface area is 262 Å². The Bertz CT molecular complexity index is 1710. The molecule has 4 aliphatic heterocycles. The molecule has 0 bridgehead atoms. The Morgan fingerprint density at radius 3 is 2.57 bits per heavy atom. The number of aliphatic carboxylic acids is 1. The van der Waals surface area contributed by atoms with Crippen LogP contribution < -0.4 is 29.0 Å². The molecule has 14 nitrogen and oxygen atoms in total. The second-order valence-corrected chi connectivity index (χ2v) is 11.6. The number of ether oxygens (including phenoxy) is 6. The quantitative estimate of drug-likeness (QED) is 0.203. The lowest BCUT2D eigenvalue weighted by Crippen LogP contribution is -2.71. The molecule has 4 aliphatic rings. The number of hydrogen-bond acceptors (Lipinski definition) is 13. The molecule has 0 saturated carbocycles. The summed E-state index contributed by atoms with van der Waals surface area (Å²) >= 11 is 0. The van der Waals surface area contributed by atoms with Crippen molar-refractivity contribution >= 4 is 11.7 Å². The number of carboxylic acid groups (broad SMARTS) is 1. The Hall–Kier alpha value is -4.47. The molecule has 3 aromatic carbocycles. The number of phenolic OH excluding ortho intramolecular Hbond substituents is 1. The number of benzene rings is 3. The molecular formula is C32H33NO13. The molecule has 0 aromatic heterocycles. The van der Waals surface area contributed by atoms with E-state index in [0.29, 0.717) is 51.8 Å². The lowest BCUT2D eigenvalue weighted by atomic mass is 9.82. The standard InChI is InChI=1S/C32H33NO13/c1-41-19-9-14(6-7-34)20-17-11-43-27-21(25(17)44-28(20)26(19)42-2)16(13-4-3-5-15(35)8-13)10-18-22(27)33-12-32(45-18)30(38)24(37)23(36)29(46-32)31(39)40/h3-5,8-10,17,23-25,29-30,33-38H,6-7,11-12H2,1-2H3,(H,39,40)/t17-,23-,24-,25-,29-,30+,32+/m0/s1. The number of aliphatic hydroxyl groups excluding tert-OH is 4. The van der Waals surface area contributed by atoms with Gasteiger partial charge in [0.15, 0.2) is 29.1 Å². The van der Waals surface area contributed by atoms with Crippen LogP contribution in [0.15, 0.2) is 36.4 Å². The van der Waals surface area contributed by atoms with Crippen molar-refractivity contribution in [2.24, 2.45) is 0 Å². The highest BCUT2D eigenvalue weighted by molar-refractivity contribution is 5.84. The normalized spacial score (nSPS) is 28.7. The van der Waals surface area contributed by atoms with E-state index in [9.17, 15) is 35.4 Å². The van der Waals surface area contributed by atoms with E-state index in [-0.39, 0.29) is 37.2 Å². The number of rotatable bonds is 6. The van der Waals surface area contributed by atoms with Crippen LogP contribution in [0.4, 0.5) is 5.69 Å². The minimum absolute atomic E-state index is 0.00697. The largest absolute Gasteiger partial charge is 0.508 e. The highest BCUT2D eigenvalue weighted by Crippen LogP contribution is 2.62. The first-order chi connectivity index (χ1) is 22.1. The van der Waals surface area contributed by atoms with Crippen molar-refractivity contribution < 1.29 is 63.9 Å². The van der Waals surface area contributed by atoms with E-state index < -0.39 is 42.3 Å². The van der Waals surface area contributed by atoms with Crippen LogP contribution in [0, 0.1) is 0 Å². The topological polar surface area (TPSA) is 206 Å². The maximum atomic E-state index is 11.9. The Kier molecular flexibility index (Phi) is 7.29. The van der Waals surface area contributed by atoms with Gasteiger partial charge in [0.2, 0.25) is 5.75 Å². The second-order valence-electron chi connectivity index (χ2n) is 11.6. The zero-order chi connectivity index (χ0) is 32.5. The predicted molar refractivity (Wildman–Crippen MR) is 158 cm³/mol. The zero-order valence-electron chi connectivity index (χ0n) is 24.8. The molecule has 4 heterocycles. The third-order valence-corrected chi connectivity index (χ3v) is 9.04. The maximum absolute atomic E-state index is 11.9. The number of anilines is 1. The first-order valence-corrected chi connectivity index (χ1v) is 14.7. The van der Waals surface area contributed by atoms with E-state index in [4.69, 9.17) is 28.4 Å². The van der Waals surface area contributed by atoms with E-state index in [2.05, 4.69) is 5.32 Å². The van der Waals surface area contributed by atoms with Gasteiger partial charge in [0.05, 0.1) is 33.3 Å². The Morgan fingerprint density at radius 2 is 1.87 bits per heavy atom. The average Bonchev–Trinajstić information content (AvgIpc) is 3.44. The highest BCUT2D eigenvalue weighted by atomic mass is 16.7. The van der Waals surface area contributed by atoms with Gasteiger partial charge in [-0.15, -0.1) is 0 Å². The summed E-state index contributed by atoms with van der Waals surface area (Å²) in [4.78, 5) is 11.9. The number of fused-ring (bicyclic) bond motifs is 7. The smallest absolute Gasteiger partial charge is 0.335 e. The van der Waals surface area contributed by atoms with Crippen molar-refractivity contribution in [3.63, 3.8) is 0 Å². The van der Waals surface area contributed by atoms with Gasteiger partial charge in [-0.05, 0) is 47.4 Å². The van der Waals surface area contributed by atoms with Crippen molar-refractivity contribution in [1.29, 1.82) is 0 Å². The molecule has 0 radical (unpaired) electrons. The first kappa shape index (κ1) is 30.2. The summed E-state index contributed by atoms with van der Waals surface area (Å²) in [5, 5.41) is 64.9. The third-order valence-electron chi connectivity index (χ3n) is 9.04. The van der Waals surface area contributed by atoms with Gasteiger partial charge >= 0.3 is 5.97 Å². The van der Waals surface area contributed by atoms with Crippen LogP contribution in [0.2, 0.25) is 0 Å². The molecule has 7 N–H and O–H groups in total. The van der Waals surface area contributed by atoms with Crippen molar-refractivity contribution in [3.8, 4) is 45.6 Å². The summed E-state index contributed by atoms with van der Waals surface area (Å²) in [5.41, 5.74) is 3.70. The number of hydrogen-bond donors (Lipinski definition) is 7. The van der Waals surface area contributed by atoms with Gasteiger partial charge in [-0.3, -0.25) is 0 Å². The molecule has 14 heteroatoms. The Balaban J connectivity index is 1.39. The number of aliphatic hydroxyl groups is 4. The molecule has 0 aliphatic carbocycles. The molecule has 244 valence electrons. The molecule has 46 heavy (non-hydrogen) atoms. The van der Waals surface area contributed by atoms with Crippen LogP contribution in [0.3, 0.4) is 0 Å². The molecule has 7 rings (SSSR count). The lowest BCUT2D eigenvalue weighted by molar-refractivity contribution is -0.325. The second kappa shape index (κ2) is 11.1. The summed E-state index contributed by atoms with van der Waals surface area (Å²) in [6.07, 6.45) is -7.78. The van der Waals surface area contributed by atoms with Crippen molar-refractivity contribution in [3.05, 3.63) is 53.1 Å². The van der Waals surface area contributed by atoms with Crippen LogP contribution in [-0.2, 0) is 16.0 Å². The summed E-state index contributed by atoms with van der Waals surface area (Å²) < 4.78 is 36.2. The molecule has 0 unspecified atom stereocenters. The Morgan fingerprint density at radius 1 is 1.07 bits per heavy atom. The van der Waals surface area contributed by atoms with E-state index in [1.54, 1.807) is 24.3 Å². The minimum atomic E-state index is -2.08. The number of carboxylic acids is 1. The van der Waals surface area contributed by atoms with E-state index in [1.165, 1.54) is 20.3 Å². The highest BCUT2D eigenvalue weighted by Gasteiger charge is 2.59. The van der Waals surface area contributed by atoms with Gasteiger partial charge < -0.3 is 64.4 Å². The predicted octanol–water partition coefficient (Wildman–Crippen LogP) is 1.29. The van der Waals surface area contributed by atoms with Gasteiger partial charge in [0.1, 0.15) is 35.9 Å². The van der Waals surface area contributed by atoms with Gasteiger partial charge in [-0.1, -0.05) is 12.1 Å². The van der Waals surface area contributed by atoms with E-state index >= 15 is 0 Å². The van der Waals surface area contributed by atoms with E-state index in [1.807, 2.05) is 6.07 Å². The summed E-state index contributed by atoms with van der Waals surface area (Å²) in [5.74, 6) is -2.20. The van der Waals surface area contributed by atoms with Crippen LogP contribution in [-0.4, -0.2) is 101 Å². The van der Waals surface area contributed by atoms with Crippen LogP contribution in [0.5, 0.6) is 34.5 Å². The fraction of sp³-hybridized carbons (Fsp3) is 0.406. The summed E-state index contributed by atoms with van der Waals surface area (Å²) in [6.45, 7) is -0.256. The SMILES string of the molecule is COc1cc(CCO)c2c(c1OC)O[C@@H]1c3c(-c4cccc(O)c4)cc4c(c3OC[C@@H]21)NC[C@@]1(O4)O[C@H](C(=O)O)[C@@H](O)[C@H](O)[C@H]1O. The number of methoxy groups -OCH3 is 2. The summed E-state index contributed by atoms with van der Waals surface area (Å²) in [7, 11) is 3.03.